The molecule has 0 spiro atoms. The van der Waals surface area contributed by atoms with Crippen LogP contribution in [0.2, 0.25) is 5.02 Å². The molecule has 0 saturated heterocycles. The van der Waals surface area contributed by atoms with Crippen molar-refractivity contribution in [3.63, 3.8) is 0 Å². The van der Waals surface area contributed by atoms with Crippen LogP contribution >= 0.6 is 22.9 Å². The molecule has 1 amide bonds. The van der Waals surface area contributed by atoms with Crippen molar-refractivity contribution in [2.75, 3.05) is 12.4 Å². The van der Waals surface area contributed by atoms with Gasteiger partial charge in [-0.3, -0.25) is 4.79 Å². The van der Waals surface area contributed by atoms with Gasteiger partial charge in [0, 0.05) is 41.5 Å². The molecule has 4 nitrogen and oxygen atoms in total. The van der Waals surface area contributed by atoms with Gasteiger partial charge in [-0.2, -0.15) is 0 Å². The van der Waals surface area contributed by atoms with E-state index in [-0.39, 0.29) is 11.9 Å². The van der Waals surface area contributed by atoms with Gasteiger partial charge in [0.25, 0.3) is 5.91 Å². The van der Waals surface area contributed by atoms with Crippen LogP contribution in [0, 0.1) is 5.92 Å². The maximum Gasteiger partial charge on any atom is 0.266 e. The summed E-state index contributed by atoms with van der Waals surface area (Å²) in [4.78, 5) is 21.2. The molecule has 1 aliphatic carbocycles. The van der Waals surface area contributed by atoms with Gasteiger partial charge in [0.1, 0.15) is 10.7 Å². The zero-order valence-corrected chi connectivity index (χ0v) is 21.7. The normalized spacial score (nSPS) is 17.9. The third-order valence-electron chi connectivity index (χ3n) is 7.05. The molecule has 2 aromatic heterocycles. The zero-order valence-electron chi connectivity index (χ0n) is 20.1. The summed E-state index contributed by atoms with van der Waals surface area (Å²) < 4.78 is 1.05. The first kappa shape index (κ1) is 23.8. The van der Waals surface area contributed by atoms with Gasteiger partial charge in [0.15, 0.2) is 0 Å². The highest BCUT2D eigenvalue weighted by atomic mass is 35.5. The van der Waals surface area contributed by atoms with Gasteiger partial charge >= 0.3 is 0 Å². The minimum atomic E-state index is 0.0428. The summed E-state index contributed by atoms with van der Waals surface area (Å²) in [5.74, 6) is 1.60. The highest BCUT2D eigenvalue weighted by Gasteiger charge is 2.31. The molecule has 0 radical (unpaired) electrons. The molecular weight excluding hydrogens is 474 g/mol. The van der Waals surface area contributed by atoms with Gasteiger partial charge in [-0.1, -0.05) is 54.9 Å². The van der Waals surface area contributed by atoms with Crippen molar-refractivity contribution in [2.24, 2.45) is 5.92 Å². The van der Waals surface area contributed by atoms with Crippen molar-refractivity contribution in [3.05, 3.63) is 82.3 Å². The first-order valence-corrected chi connectivity index (χ1v) is 13.4. The number of carbonyl (C=O) groups excluding carboxylic acids is 1. The summed E-state index contributed by atoms with van der Waals surface area (Å²) in [5, 5.41) is 4.60. The number of carbonyl (C=O) groups is 1. The molecule has 4 aromatic rings. The Morgan fingerprint density at radius 1 is 1.06 bits per heavy atom. The van der Waals surface area contributed by atoms with E-state index in [9.17, 15) is 4.79 Å². The van der Waals surface area contributed by atoms with Gasteiger partial charge in [0.05, 0.1) is 5.02 Å². The average Bonchev–Trinajstić information content (AvgIpc) is 3.24. The summed E-state index contributed by atoms with van der Waals surface area (Å²) >= 11 is 8.24. The second-order valence-corrected chi connectivity index (χ2v) is 10.9. The number of nitrogens with one attached hydrogen (secondary N) is 1. The van der Waals surface area contributed by atoms with Crippen molar-refractivity contribution in [3.8, 4) is 11.1 Å². The van der Waals surface area contributed by atoms with Crippen LogP contribution < -0.4 is 5.32 Å². The number of amides is 1. The quantitative estimate of drug-likeness (QED) is 0.291. The Morgan fingerprint density at radius 3 is 2.57 bits per heavy atom. The molecule has 1 N–H and O–H groups in total. The lowest BCUT2D eigenvalue weighted by Gasteiger charge is -2.36. The smallest absolute Gasteiger partial charge is 0.266 e. The van der Waals surface area contributed by atoms with Crippen LogP contribution in [0.25, 0.3) is 21.2 Å². The number of hydrogen-bond donors (Lipinski definition) is 1. The number of halogens is 1. The molecule has 2 heterocycles. The fourth-order valence-corrected chi connectivity index (χ4v) is 6.43. The van der Waals surface area contributed by atoms with E-state index >= 15 is 0 Å². The van der Waals surface area contributed by atoms with E-state index in [4.69, 9.17) is 11.6 Å². The summed E-state index contributed by atoms with van der Waals surface area (Å²) in [6.45, 7) is 2.88. The Morgan fingerprint density at radius 2 is 1.86 bits per heavy atom. The van der Waals surface area contributed by atoms with Crippen molar-refractivity contribution in [1.82, 2.24) is 9.88 Å². The van der Waals surface area contributed by atoms with Crippen molar-refractivity contribution >= 4 is 44.7 Å². The van der Waals surface area contributed by atoms with Gasteiger partial charge in [-0.05, 0) is 67.0 Å². The van der Waals surface area contributed by atoms with E-state index < -0.39 is 0 Å². The first-order chi connectivity index (χ1) is 17.0. The predicted octanol–water partition coefficient (Wildman–Crippen LogP) is 7.88. The molecule has 1 fully saturated rings. The number of pyridine rings is 1. The molecule has 6 heteroatoms. The van der Waals surface area contributed by atoms with Crippen LogP contribution in [0.3, 0.4) is 0 Å². The van der Waals surface area contributed by atoms with Crippen molar-refractivity contribution < 1.29 is 4.79 Å². The third-order valence-corrected chi connectivity index (χ3v) is 8.71. The molecule has 0 atom stereocenters. The van der Waals surface area contributed by atoms with Crippen molar-refractivity contribution in [1.29, 1.82) is 0 Å². The van der Waals surface area contributed by atoms with Gasteiger partial charge in [-0.25, -0.2) is 4.98 Å². The van der Waals surface area contributed by atoms with Gasteiger partial charge in [-0.15, -0.1) is 11.3 Å². The van der Waals surface area contributed by atoms with Gasteiger partial charge < -0.3 is 10.2 Å². The molecule has 0 aliphatic heterocycles. The monoisotopic (exact) mass is 503 g/mol. The first-order valence-electron chi connectivity index (χ1n) is 12.2. The lowest BCUT2D eigenvalue weighted by atomic mass is 9.86. The maximum atomic E-state index is 14.0. The van der Waals surface area contributed by atoms with E-state index in [1.165, 1.54) is 11.3 Å². The highest BCUT2D eigenvalue weighted by molar-refractivity contribution is 7.21. The van der Waals surface area contributed by atoms with Crippen LogP contribution in [0.15, 0.2) is 66.9 Å². The summed E-state index contributed by atoms with van der Waals surface area (Å²) in [7, 11) is 1.86. The largest absolute Gasteiger partial charge is 0.373 e. The summed E-state index contributed by atoms with van der Waals surface area (Å²) in [6.07, 6.45) is 6.25. The van der Waals surface area contributed by atoms with Crippen molar-refractivity contribution in [2.45, 2.75) is 45.2 Å². The molecule has 5 rings (SSSR count). The minimum Gasteiger partial charge on any atom is -0.373 e. The number of benzene rings is 2. The minimum absolute atomic E-state index is 0.0428. The number of fused-ring (bicyclic) bond motifs is 1. The lowest BCUT2D eigenvalue weighted by Crippen LogP contribution is -2.41. The van der Waals surface area contributed by atoms with E-state index in [0.717, 1.165) is 58.3 Å². The molecule has 0 bridgehead atoms. The lowest BCUT2D eigenvalue weighted by molar-refractivity contribution is 0.0598. The zero-order chi connectivity index (χ0) is 24.4. The number of nitrogens with zero attached hydrogens (tertiary/aromatic N) is 2. The highest BCUT2D eigenvalue weighted by Crippen LogP contribution is 2.38. The topological polar surface area (TPSA) is 45.2 Å². The number of aromatic nitrogens is 1. The molecule has 0 unspecified atom stereocenters. The standard InChI is InChI=1S/C29H30ClN3OS/c1-19-10-13-23(14-11-19)33(29(34)28-27(30)24-8-3-4-9-25(24)35-28)18-20-6-5-7-21(16-20)22-12-15-26(31-2)32-17-22/h3-9,12,15-17,19,23H,10-11,13-14,18H2,1-2H3,(H,31,32). The van der Waals surface area contributed by atoms with E-state index in [2.05, 4.69) is 52.5 Å². The number of thiophene rings is 1. The predicted molar refractivity (Wildman–Crippen MR) is 147 cm³/mol. The molecule has 1 aliphatic rings. The average molecular weight is 504 g/mol. The third kappa shape index (κ3) is 5.07. The van der Waals surface area contributed by atoms with E-state index in [1.807, 2.05) is 43.6 Å². The Bertz CT molecular complexity index is 1330. The Balaban J connectivity index is 1.46. The molecule has 2 aromatic carbocycles. The van der Waals surface area contributed by atoms with Crippen LogP contribution in [0.1, 0.15) is 47.8 Å². The molecule has 35 heavy (non-hydrogen) atoms. The fraction of sp³-hybridized carbons (Fsp3) is 0.310. The van der Waals surface area contributed by atoms with E-state index in [0.29, 0.717) is 22.4 Å². The van der Waals surface area contributed by atoms with E-state index in [1.54, 1.807) is 0 Å². The molecular formula is C29H30ClN3OS. The Labute approximate surface area is 216 Å². The summed E-state index contributed by atoms with van der Waals surface area (Å²) in [5.41, 5.74) is 3.27. The molecule has 180 valence electrons. The SMILES string of the molecule is CNc1ccc(-c2cccc(CN(C(=O)c3sc4ccccc4c3Cl)C3CCC(C)CC3)c2)cn1. The number of anilines is 1. The summed E-state index contributed by atoms with van der Waals surface area (Å²) in [6, 6.07) is 20.7. The van der Waals surface area contributed by atoms with Crippen LogP contribution in [-0.2, 0) is 6.54 Å². The second-order valence-electron chi connectivity index (χ2n) is 9.47. The van der Waals surface area contributed by atoms with Crippen LogP contribution in [0.5, 0.6) is 0 Å². The second kappa shape index (κ2) is 10.4. The van der Waals surface area contributed by atoms with Crippen LogP contribution in [0.4, 0.5) is 5.82 Å². The number of rotatable bonds is 6. The van der Waals surface area contributed by atoms with Crippen LogP contribution in [-0.4, -0.2) is 28.9 Å². The fourth-order valence-electron chi connectivity index (χ4n) is 4.96. The molecule has 1 saturated carbocycles. The Hall–Kier alpha value is -2.89. The van der Waals surface area contributed by atoms with Gasteiger partial charge in [0.2, 0.25) is 0 Å². The number of hydrogen-bond acceptors (Lipinski definition) is 4. The maximum absolute atomic E-state index is 14.0. The Kier molecular flexibility index (Phi) is 7.07.